The first-order valence-corrected chi connectivity index (χ1v) is 5.42. The summed E-state index contributed by atoms with van der Waals surface area (Å²) in [5.74, 6) is -0.692. The molecule has 2 heterocycles. The minimum atomic E-state index is -1.10. The lowest BCUT2D eigenvalue weighted by Gasteiger charge is -1.97. The van der Waals surface area contributed by atoms with Gasteiger partial charge in [-0.25, -0.2) is 4.79 Å². The highest BCUT2D eigenvalue weighted by atomic mass is 32.1. The number of aromatic carboxylic acids is 1. The highest BCUT2D eigenvalue weighted by molar-refractivity contribution is 7.09. The van der Waals surface area contributed by atoms with Crippen LogP contribution in [0.25, 0.3) is 0 Å². The second-order valence-electron chi connectivity index (χ2n) is 3.06. The van der Waals surface area contributed by atoms with Gasteiger partial charge in [0.1, 0.15) is 6.61 Å². The Balaban J connectivity index is 1.83. The summed E-state index contributed by atoms with van der Waals surface area (Å²) in [6, 6.07) is 5.27. The van der Waals surface area contributed by atoms with Crippen molar-refractivity contribution in [3.05, 3.63) is 39.9 Å². The number of carbonyl (C=O) groups is 1. The number of nitrogens with zero attached hydrogens (tertiary/aromatic N) is 1. The van der Waals surface area contributed by atoms with Crippen molar-refractivity contribution in [2.75, 3.05) is 0 Å². The van der Waals surface area contributed by atoms with E-state index < -0.39 is 5.97 Å². The second-order valence-corrected chi connectivity index (χ2v) is 4.09. The Morgan fingerprint density at radius 1 is 1.56 bits per heavy atom. The van der Waals surface area contributed by atoms with E-state index in [0.29, 0.717) is 12.4 Å². The van der Waals surface area contributed by atoms with E-state index in [1.807, 2.05) is 17.5 Å². The normalized spacial score (nSPS) is 10.5. The van der Waals surface area contributed by atoms with Gasteiger partial charge in [-0.2, -0.15) is 0 Å². The molecule has 2 aromatic rings. The molecule has 0 bridgehead atoms. The van der Waals surface area contributed by atoms with Crippen LogP contribution in [0.1, 0.15) is 21.1 Å². The standard InChI is InChI=1S/C10H9NO4S/c12-10(13)9-4-7(15-11-9)5-14-6-8-2-1-3-16-8/h1-4H,5-6H2,(H,12,13). The first-order chi connectivity index (χ1) is 7.75. The molecular formula is C10H9NO4S. The van der Waals surface area contributed by atoms with E-state index in [4.69, 9.17) is 14.4 Å². The van der Waals surface area contributed by atoms with E-state index >= 15 is 0 Å². The van der Waals surface area contributed by atoms with Crippen molar-refractivity contribution in [1.82, 2.24) is 5.16 Å². The van der Waals surface area contributed by atoms with Crippen LogP contribution in [0.2, 0.25) is 0 Å². The van der Waals surface area contributed by atoms with Gasteiger partial charge in [-0.3, -0.25) is 0 Å². The Morgan fingerprint density at radius 3 is 3.06 bits per heavy atom. The predicted octanol–water partition coefficient (Wildman–Crippen LogP) is 2.15. The molecule has 0 fully saturated rings. The zero-order valence-electron chi connectivity index (χ0n) is 8.25. The summed E-state index contributed by atoms with van der Waals surface area (Å²) < 4.78 is 10.1. The number of thiophene rings is 1. The molecule has 0 aliphatic heterocycles. The van der Waals surface area contributed by atoms with Crippen molar-refractivity contribution in [2.45, 2.75) is 13.2 Å². The summed E-state index contributed by atoms with van der Waals surface area (Å²) >= 11 is 1.60. The number of hydrogen-bond acceptors (Lipinski definition) is 5. The van der Waals surface area contributed by atoms with Crippen LogP contribution in [0, 0.1) is 0 Å². The van der Waals surface area contributed by atoms with Gasteiger partial charge in [-0.15, -0.1) is 11.3 Å². The molecular weight excluding hydrogens is 230 g/mol. The summed E-state index contributed by atoms with van der Waals surface area (Å²) in [6.07, 6.45) is 0. The van der Waals surface area contributed by atoms with Crippen LogP contribution in [0.15, 0.2) is 28.1 Å². The fourth-order valence-electron chi connectivity index (χ4n) is 1.13. The first kappa shape index (κ1) is 10.8. The lowest BCUT2D eigenvalue weighted by molar-refractivity contribution is 0.0683. The van der Waals surface area contributed by atoms with Crippen LogP contribution in [0.4, 0.5) is 0 Å². The van der Waals surface area contributed by atoms with Crippen LogP contribution in [0.5, 0.6) is 0 Å². The van der Waals surface area contributed by atoms with Crippen molar-refractivity contribution in [3.63, 3.8) is 0 Å². The molecule has 0 atom stereocenters. The third-order valence-electron chi connectivity index (χ3n) is 1.85. The Bertz CT molecular complexity index is 463. The molecule has 0 saturated carbocycles. The number of aromatic nitrogens is 1. The fourth-order valence-corrected chi connectivity index (χ4v) is 1.77. The van der Waals surface area contributed by atoms with Crippen molar-refractivity contribution in [3.8, 4) is 0 Å². The topological polar surface area (TPSA) is 72.6 Å². The largest absolute Gasteiger partial charge is 0.476 e. The summed E-state index contributed by atoms with van der Waals surface area (Å²) in [7, 11) is 0. The van der Waals surface area contributed by atoms with Crippen molar-refractivity contribution >= 4 is 17.3 Å². The van der Waals surface area contributed by atoms with E-state index in [0.717, 1.165) is 4.88 Å². The minimum Gasteiger partial charge on any atom is -0.476 e. The Morgan fingerprint density at radius 2 is 2.44 bits per heavy atom. The smallest absolute Gasteiger partial charge is 0.358 e. The van der Waals surface area contributed by atoms with Crippen molar-refractivity contribution < 1.29 is 19.2 Å². The molecule has 1 N–H and O–H groups in total. The third kappa shape index (κ3) is 2.68. The molecule has 2 aromatic heterocycles. The molecule has 0 amide bonds. The fraction of sp³-hybridized carbons (Fsp3) is 0.200. The van der Waals surface area contributed by atoms with Gasteiger partial charge in [0, 0.05) is 10.9 Å². The first-order valence-electron chi connectivity index (χ1n) is 4.55. The maximum atomic E-state index is 10.5. The summed E-state index contributed by atoms with van der Waals surface area (Å²) in [5, 5.41) is 14.0. The van der Waals surface area contributed by atoms with E-state index in [9.17, 15) is 4.79 Å². The molecule has 0 saturated heterocycles. The molecule has 2 rings (SSSR count). The number of ether oxygens (including phenoxy) is 1. The monoisotopic (exact) mass is 239 g/mol. The van der Waals surface area contributed by atoms with Gasteiger partial charge in [0.2, 0.25) is 0 Å². The van der Waals surface area contributed by atoms with Gasteiger partial charge in [-0.1, -0.05) is 11.2 Å². The summed E-state index contributed by atoms with van der Waals surface area (Å²) in [6.45, 7) is 0.707. The average Bonchev–Trinajstić information content (AvgIpc) is 2.87. The Labute approximate surface area is 95.3 Å². The summed E-state index contributed by atoms with van der Waals surface area (Å²) in [5.41, 5.74) is -0.102. The SMILES string of the molecule is O=C(O)c1cc(COCc2cccs2)on1. The quantitative estimate of drug-likeness (QED) is 0.865. The number of carboxylic acids is 1. The van der Waals surface area contributed by atoms with Gasteiger partial charge in [-0.05, 0) is 11.4 Å². The minimum absolute atomic E-state index is 0.102. The molecule has 0 spiro atoms. The molecule has 0 aliphatic carbocycles. The number of carboxylic acid groups (broad SMARTS) is 1. The lowest BCUT2D eigenvalue weighted by Crippen LogP contribution is -1.95. The summed E-state index contributed by atoms with van der Waals surface area (Å²) in [4.78, 5) is 11.6. The second kappa shape index (κ2) is 4.91. The van der Waals surface area contributed by atoms with Gasteiger partial charge in [0.05, 0.1) is 6.61 Å². The van der Waals surface area contributed by atoms with E-state index in [1.54, 1.807) is 11.3 Å². The maximum Gasteiger partial charge on any atom is 0.358 e. The van der Waals surface area contributed by atoms with E-state index in [1.165, 1.54) is 6.07 Å². The maximum absolute atomic E-state index is 10.5. The molecule has 6 heteroatoms. The molecule has 0 aliphatic rings. The molecule has 0 aromatic carbocycles. The lowest BCUT2D eigenvalue weighted by atomic mass is 10.4. The number of rotatable bonds is 5. The van der Waals surface area contributed by atoms with Gasteiger partial charge in [0.25, 0.3) is 0 Å². The zero-order valence-corrected chi connectivity index (χ0v) is 9.07. The number of hydrogen-bond donors (Lipinski definition) is 1. The van der Waals surface area contributed by atoms with Crippen LogP contribution < -0.4 is 0 Å². The van der Waals surface area contributed by atoms with E-state index in [2.05, 4.69) is 5.16 Å². The van der Waals surface area contributed by atoms with Crippen LogP contribution in [-0.2, 0) is 18.0 Å². The highest BCUT2D eigenvalue weighted by Gasteiger charge is 2.10. The van der Waals surface area contributed by atoms with Crippen LogP contribution >= 0.6 is 11.3 Å². The Kier molecular flexibility index (Phi) is 3.33. The predicted molar refractivity (Wildman–Crippen MR) is 56.3 cm³/mol. The van der Waals surface area contributed by atoms with Crippen LogP contribution in [-0.4, -0.2) is 16.2 Å². The van der Waals surface area contributed by atoms with E-state index in [-0.39, 0.29) is 12.3 Å². The van der Waals surface area contributed by atoms with Crippen LogP contribution in [0.3, 0.4) is 0 Å². The Hall–Kier alpha value is -1.66. The third-order valence-corrected chi connectivity index (χ3v) is 2.70. The van der Waals surface area contributed by atoms with Crippen molar-refractivity contribution in [2.24, 2.45) is 0 Å². The average molecular weight is 239 g/mol. The van der Waals surface area contributed by atoms with Gasteiger partial charge < -0.3 is 14.4 Å². The molecule has 0 unspecified atom stereocenters. The van der Waals surface area contributed by atoms with Gasteiger partial charge >= 0.3 is 5.97 Å². The highest BCUT2D eigenvalue weighted by Crippen LogP contribution is 2.11. The molecule has 84 valence electrons. The van der Waals surface area contributed by atoms with Crippen molar-refractivity contribution in [1.29, 1.82) is 0 Å². The van der Waals surface area contributed by atoms with Gasteiger partial charge in [0.15, 0.2) is 11.5 Å². The zero-order chi connectivity index (χ0) is 11.4. The molecule has 0 radical (unpaired) electrons. The molecule has 5 nitrogen and oxygen atoms in total. The molecule has 16 heavy (non-hydrogen) atoms.